The van der Waals surface area contributed by atoms with Crippen molar-refractivity contribution < 1.29 is 52.8 Å². The quantitative estimate of drug-likeness (QED) is 0.441. The Morgan fingerprint density at radius 2 is 2.00 bits per heavy atom. The van der Waals surface area contributed by atoms with Crippen LogP contribution in [0.2, 0.25) is 0 Å². The van der Waals surface area contributed by atoms with Crippen molar-refractivity contribution in [2.24, 2.45) is 0 Å². The van der Waals surface area contributed by atoms with Crippen LogP contribution >= 0.6 is 0 Å². The van der Waals surface area contributed by atoms with Gasteiger partial charge in [-0.3, -0.25) is 0 Å². The fourth-order valence-electron chi connectivity index (χ4n) is 0.385. The molecule has 0 spiro atoms. The van der Waals surface area contributed by atoms with E-state index in [2.05, 4.69) is 25.4 Å². The van der Waals surface area contributed by atoms with Gasteiger partial charge in [0.25, 0.3) is 0 Å². The first kappa shape index (κ1) is 8.91. The summed E-state index contributed by atoms with van der Waals surface area (Å²) in [6, 6.07) is 0. The van der Waals surface area contributed by atoms with Crippen molar-refractivity contribution in [2.75, 3.05) is 0 Å². The zero-order valence-corrected chi connectivity index (χ0v) is 12.1. The summed E-state index contributed by atoms with van der Waals surface area (Å²) in [6.45, 7) is 0. The smallest absolute Gasteiger partial charge is 1.00 e. The van der Waals surface area contributed by atoms with Crippen molar-refractivity contribution in [1.29, 1.82) is 0 Å². The molecule has 0 aromatic heterocycles. The van der Waals surface area contributed by atoms with Gasteiger partial charge in [0, 0.05) is 0 Å². The third-order valence-corrected chi connectivity index (χ3v) is 4.12. The van der Waals surface area contributed by atoms with Gasteiger partial charge in [0.05, 0.1) is 0 Å². The fourth-order valence-corrected chi connectivity index (χ4v) is 2.88. The molecule has 0 amide bonds. The second kappa shape index (κ2) is 6.03. The maximum atomic E-state index is 2.33. The van der Waals surface area contributed by atoms with E-state index in [0.717, 1.165) is 0 Å². The minimum atomic E-state index is -0.380. The summed E-state index contributed by atoms with van der Waals surface area (Å²) in [5.74, 6) is 0. The fraction of sp³-hybridized carbons (Fsp3) is 0. The maximum absolute atomic E-state index is 2.33. The molecule has 1 aliphatic rings. The molecule has 1 rings (SSSR count). The Labute approximate surface area is 99.6 Å². The van der Waals surface area contributed by atoms with Crippen LogP contribution in [0, 0.1) is 0 Å². The van der Waals surface area contributed by atoms with Crippen LogP contribution in [0.4, 0.5) is 0 Å². The predicted molar refractivity (Wildman–Crippen MR) is 31.2 cm³/mol. The van der Waals surface area contributed by atoms with E-state index < -0.39 is 0 Å². The van der Waals surface area contributed by atoms with Gasteiger partial charge >= 0.3 is 101 Å². The Morgan fingerprint density at radius 3 is 2.14 bits per heavy atom. The summed E-state index contributed by atoms with van der Waals surface area (Å²) < 4.78 is 4.67. The third-order valence-electron chi connectivity index (χ3n) is 0.667. The van der Waals surface area contributed by atoms with Gasteiger partial charge in [-0.15, -0.1) is 0 Å². The Bertz CT molecular complexity index is 81.8. The van der Waals surface area contributed by atoms with E-state index in [1.54, 1.807) is 0 Å². The molecule has 1 aliphatic heterocycles. The minimum Gasteiger partial charge on any atom is -1.00 e. The topological polar surface area (TPSA) is 0 Å². The second-order valence-corrected chi connectivity index (χ2v) is 5.64. The molecule has 0 aliphatic carbocycles. The van der Waals surface area contributed by atoms with Crippen molar-refractivity contribution >= 4 is 27.3 Å². The summed E-state index contributed by atoms with van der Waals surface area (Å²) in [4.78, 5) is 0. The molecule has 0 atom stereocenters. The second-order valence-electron chi connectivity index (χ2n) is 1.15. The Morgan fingerprint density at radius 1 is 1.14 bits per heavy atom. The van der Waals surface area contributed by atoms with Gasteiger partial charge in [0.1, 0.15) is 0 Å². The van der Waals surface area contributed by atoms with Crippen molar-refractivity contribution in [2.45, 2.75) is 0 Å². The average Bonchev–Trinajstić information content (AvgIpc) is 1.72. The van der Waals surface area contributed by atoms with E-state index in [-0.39, 0.29) is 76.6 Å². The van der Waals surface area contributed by atoms with Crippen LogP contribution in [0.25, 0.3) is 0 Å². The molecule has 0 unspecified atom stereocenters. The molecule has 0 aromatic rings. The van der Waals surface area contributed by atoms with Crippen molar-refractivity contribution in [3.63, 3.8) is 0 Å². The van der Waals surface area contributed by atoms with Crippen LogP contribution in [0.5, 0.6) is 0 Å². The number of hydrogen-bond acceptors (Lipinski definition) is 0. The molecule has 0 saturated heterocycles. The summed E-state index contributed by atoms with van der Waals surface area (Å²) in [5, 5.41) is 0. The first-order valence-corrected chi connectivity index (χ1v) is 7.18. The van der Waals surface area contributed by atoms with Crippen LogP contribution in [0.3, 0.4) is 0 Å². The number of hydrogen-bond donors (Lipinski definition) is 0. The summed E-state index contributed by atoms with van der Waals surface area (Å²) in [5.41, 5.74) is 0. The van der Waals surface area contributed by atoms with Gasteiger partial charge in [0.2, 0.25) is 0 Å². The molecule has 0 nitrogen and oxygen atoms in total. The van der Waals surface area contributed by atoms with Gasteiger partial charge in [0.15, 0.2) is 0 Å². The molecule has 2 heteroatoms. The zero-order valence-electron chi connectivity index (χ0n) is 5.46. The summed E-state index contributed by atoms with van der Waals surface area (Å²) in [7, 11) is 0. The van der Waals surface area contributed by atoms with E-state index >= 15 is 0 Å². The first-order valence-electron chi connectivity index (χ1n) is 2.00. The normalized spacial score (nSPS) is 12.6. The molecule has 7 heavy (non-hydrogen) atoms. The molecule has 0 radical (unpaired) electrons. The zero-order chi connectivity index (χ0) is 4.24. The van der Waals surface area contributed by atoms with Crippen molar-refractivity contribution in [1.82, 2.24) is 0 Å². The Hall–Kier alpha value is 1.91. The first-order chi connectivity index (χ1) is 3.00. The Kier molecular flexibility index (Phi) is 7.68. The number of allylic oxidation sites excluding steroid dienone is 3. The Balaban J connectivity index is 0. The minimum absolute atomic E-state index is 0. The molecule has 0 saturated carbocycles. The predicted octanol–water partition coefficient (Wildman–Crippen LogP) is -2.31. The van der Waals surface area contributed by atoms with E-state index in [1.807, 2.05) is 0 Å². The van der Waals surface area contributed by atoms with Crippen LogP contribution in [-0.2, 0) is 0 Å². The van der Waals surface area contributed by atoms with E-state index in [4.69, 9.17) is 0 Å². The average molecular weight is 310 g/mol. The maximum Gasteiger partial charge on any atom is 1.00 e. The van der Waals surface area contributed by atoms with Gasteiger partial charge < -0.3 is 1.43 Å². The molecule has 1 heterocycles. The molecular weight excluding hydrogens is 304 g/mol. The van der Waals surface area contributed by atoms with E-state index in [0.29, 0.717) is 0 Å². The molecular formula is C5H6KTl. The van der Waals surface area contributed by atoms with Crippen molar-refractivity contribution in [3.8, 4) is 0 Å². The van der Waals surface area contributed by atoms with E-state index in [1.165, 1.54) is 0 Å². The van der Waals surface area contributed by atoms with Gasteiger partial charge in [-0.2, -0.15) is 0 Å². The molecule has 30 valence electrons. The molecule has 0 N–H and O–H groups in total. The van der Waals surface area contributed by atoms with E-state index in [9.17, 15) is 0 Å². The summed E-state index contributed by atoms with van der Waals surface area (Å²) >= 11 is -0.380. The van der Waals surface area contributed by atoms with Gasteiger partial charge in [-0.25, -0.2) is 0 Å². The molecule has 0 aromatic carbocycles. The number of rotatable bonds is 0. The SMILES string of the molecule is C1=C[CH]=[Tl][CH]=C1.[H-].[K+]. The van der Waals surface area contributed by atoms with Crippen LogP contribution < -0.4 is 51.4 Å². The summed E-state index contributed by atoms with van der Waals surface area (Å²) in [6.07, 6.45) is 6.38. The largest absolute Gasteiger partial charge is 1.00 e. The van der Waals surface area contributed by atoms with Crippen LogP contribution in [0.15, 0.2) is 21.9 Å². The molecule has 0 fully saturated rings. The van der Waals surface area contributed by atoms with Crippen LogP contribution in [-0.4, -0.2) is 27.3 Å². The van der Waals surface area contributed by atoms with Gasteiger partial charge in [-0.05, 0) is 0 Å². The molecule has 0 bridgehead atoms. The third kappa shape index (κ3) is 4.41. The van der Waals surface area contributed by atoms with Crippen molar-refractivity contribution in [3.05, 3.63) is 21.9 Å². The monoisotopic (exact) mass is 310 g/mol. The van der Waals surface area contributed by atoms with Gasteiger partial charge in [-0.1, -0.05) is 0 Å². The standard InChI is InChI=1S/C5H5.K.Tl.H/c1-3-5-4-2;;;/h1-5H;;;/q;+1;;-1. The van der Waals surface area contributed by atoms with Crippen LogP contribution in [0.1, 0.15) is 1.43 Å².